The molecule has 2 heterocycles. The highest BCUT2D eigenvalue weighted by Crippen LogP contribution is 2.37. The number of fused-ring (bicyclic) bond motifs is 1. The second-order valence-electron chi connectivity index (χ2n) is 3.43. The first-order chi connectivity index (χ1) is 7.41. The molecule has 0 saturated heterocycles. The smallest absolute Gasteiger partial charge is 0.410 e. The van der Waals surface area contributed by atoms with Gasteiger partial charge in [0.25, 0.3) is 0 Å². The molecule has 8 heteroatoms. The third-order valence-electron chi connectivity index (χ3n) is 2.41. The van der Waals surface area contributed by atoms with E-state index in [0.29, 0.717) is 4.68 Å². The molecule has 0 saturated carbocycles. The number of anilines is 1. The summed E-state index contributed by atoms with van der Waals surface area (Å²) in [7, 11) is 0. The fourth-order valence-electron chi connectivity index (χ4n) is 1.68. The fourth-order valence-corrected chi connectivity index (χ4v) is 1.68. The third-order valence-corrected chi connectivity index (χ3v) is 2.41. The topological polar surface area (TPSA) is 67.1 Å². The van der Waals surface area contributed by atoms with Gasteiger partial charge in [-0.05, 0) is 6.42 Å². The maximum atomic E-state index is 12.6. The van der Waals surface area contributed by atoms with Crippen LogP contribution in [0.3, 0.4) is 0 Å². The summed E-state index contributed by atoms with van der Waals surface area (Å²) in [4.78, 5) is 10.7. The summed E-state index contributed by atoms with van der Waals surface area (Å²) in [6, 6.07) is -1.75. The first-order valence-corrected chi connectivity index (χ1v) is 4.52. The maximum Gasteiger partial charge on any atom is 0.410 e. The minimum Gasteiger partial charge on any atom is -0.477 e. The van der Waals surface area contributed by atoms with Crippen LogP contribution in [0.2, 0.25) is 0 Å². The molecule has 5 nitrogen and oxygen atoms in total. The molecule has 2 rings (SSSR count). The molecule has 16 heavy (non-hydrogen) atoms. The molecule has 2 N–H and O–H groups in total. The average molecular weight is 235 g/mol. The van der Waals surface area contributed by atoms with Crippen LogP contribution in [0.1, 0.15) is 22.8 Å². The van der Waals surface area contributed by atoms with E-state index in [4.69, 9.17) is 5.11 Å². The van der Waals surface area contributed by atoms with Crippen molar-refractivity contribution in [1.29, 1.82) is 0 Å². The summed E-state index contributed by atoms with van der Waals surface area (Å²) in [5.74, 6) is -1.38. The second-order valence-corrected chi connectivity index (χ2v) is 3.43. The number of nitrogens with zero attached hydrogens (tertiary/aromatic N) is 2. The molecule has 88 valence electrons. The Morgan fingerprint density at radius 3 is 2.88 bits per heavy atom. The van der Waals surface area contributed by atoms with Gasteiger partial charge in [-0.3, -0.25) is 0 Å². The van der Waals surface area contributed by atoms with Crippen LogP contribution in [0.4, 0.5) is 19.0 Å². The lowest BCUT2D eigenvalue weighted by Crippen LogP contribution is -2.34. The summed E-state index contributed by atoms with van der Waals surface area (Å²) in [6.45, 7) is 0.0795. The average Bonchev–Trinajstić information content (AvgIpc) is 2.58. The first kappa shape index (κ1) is 10.8. The van der Waals surface area contributed by atoms with E-state index in [2.05, 4.69) is 10.4 Å². The molecule has 1 atom stereocenters. The molecule has 0 unspecified atom stereocenters. The molecule has 1 aliphatic rings. The highest BCUT2D eigenvalue weighted by Gasteiger charge is 2.44. The fraction of sp³-hybridized carbons (Fsp3) is 0.500. The van der Waals surface area contributed by atoms with E-state index in [1.807, 2.05) is 0 Å². The van der Waals surface area contributed by atoms with Crippen molar-refractivity contribution in [2.75, 3.05) is 11.9 Å². The second kappa shape index (κ2) is 3.39. The lowest BCUT2D eigenvalue weighted by Gasteiger charge is -2.27. The molecule has 0 aliphatic carbocycles. The number of nitrogens with one attached hydrogen (secondary N) is 1. The van der Waals surface area contributed by atoms with Crippen LogP contribution in [0.25, 0.3) is 0 Å². The summed E-state index contributed by atoms with van der Waals surface area (Å²) < 4.78 is 38.5. The van der Waals surface area contributed by atoms with Gasteiger partial charge in [-0.2, -0.15) is 18.3 Å². The molecule has 0 radical (unpaired) electrons. The number of carbonyl (C=O) groups is 1. The Kier molecular flexibility index (Phi) is 2.28. The standard InChI is InChI=1S/C8H8F3N3O2/c9-8(10,11)5-1-2-12-6-4(7(15)16)3-13-14(5)6/h3,5,12H,1-2H2,(H,15,16)/t5-/m1/s1. The molecule has 0 aromatic carbocycles. The van der Waals surface area contributed by atoms with Crippen LogP contribution in [0.15, 0.2) is 6.20 Å². The number of carboxylic acids is 1. The molecule has 0 fully saturated rings. The Bertz CT molecular complexity index is 427. The molecule has 1 aromatic rings. The summed E-state index contributed by atoms with van der Waals surface area (Å²) >= 11 is 0. The zero-order valence-corrected chi connectivity index (χ0v) is 7.95. The summed E-state index contributed by atoms with van der Waals surface area (Å²) in [6.07, 6.45) is -3.65. The number of halogens is 3. The van der Waals surface area contributed by atoms with Crippen LogP contribution >= 0.6 is 0 Å². The van der Waals surface area contributed by atoms with Gasteiger partial charge in [0.2, 0.25) is 0 Å². The zero-order valence-electron chi connectivity index (χ0n) is 7.95. The van der Waals surface area contributed by atoms with E-state index in [1.54, 1.807) is 0 Å². The summed E-state index contributed by atoms with van der Waals surface area (Å²) in [5.41, 5.74) is -0.242. The van der Waals surface area contributed by atoms with Crippen LogP contribution in [0.5, 0.6) is 0 Å². The SMILES string of the molecule is O=C(O)c1cnn2c1NCC[C@@H]2C(F)(F)F. The quantitative estimate of drug-likeness (QED) is 0.774. The van der Waals surface area contributed by atoms with Crippen LogP contribution in [-0.4, -0.2) is 33.6 Å². The van der Waals surface area contributed by atoms with Gasteiger partial charge >= 0.3 is 12.1 Å². The third kappa shape index (κ3) is 1.59. The van der Waals surface area contributed by atoms with Crippen molar-refractivity contribution >= 4 is 11.8 Å². The largest absolute Gasteiger partial charge is 0.477 e. The molecule has 1 aromatic heterocycles. The van der Waals surface area contributed by atoms with Gasteiger partial charge in [0, 0.05) is 6.54 Å². The Morgan fingerprint density at radius 1 is 1.62 bits per heavy atom. The lowest BCUT2D eigenvalue weighted by atomic mass is 10.1. The van der Waals surface area contributed by atoms with E-state index in [-0.39, 0.29) is 24.3 Å². The van der Waals surface area contributed by atoms with Gasteiger partial charge in [0.15, 0.2) is 6.04 Å². The van der Waals surface area contributed by atoms with Crippen molar-refractivity contribution in [3.63, 3.8) is 0 Å². The van der Waals surface area contributed by atoms with Crippen molar-refractivity contribution in [3.8, 4) is 0 Å². The Hall–Kier alpha value is -1.73. The van der Waals surface area contributed by atoms with Crippen molar-refractivity contribution < 1.29 is 23.1 Å². The summed E-state index contributed by atoms with van der Waals surface area (Å²) in [5, 5.41) is 14.8. The number of rotatable bonds is 1. The normalized spacial score (nSPS) is 20.1. The molecule has 0 spiro atoms. The van der Waals surface area contributed by atoms with Crippen molar-refractivity contribution in [3.05, 3.63) is 11.8 Å². The lowest BCUT2D eigenvalue weighted by molar-refractivity contribution is -0.171. The predicted octanol–water partition coefficient (Wildman–Crippen LogP) is 1.50. The Labute approximate surface area is 87.9 Å². The van der Waals surface area contributed by atoms with E-state index in [9.17, 15) is 18.0 Å². The van der Waals surface area contributed by atoms with Gasteiger partial charge in [0.05, 0.1) is 6.20 Å². The number of aromatic carboxylic acids is 1. The molecule has 0 amide bonds. The Morgan fingerprint density at radius 2 is 2.31 bits per heavy atom. The minimum atomic E-state index is -4.42. The molecule has 0 bridgehead atoms. The van der Waals surface area contributed by atoms with Crippen LogP contribution in [0, 0.1) is 0 Å². The van der Waals surface area contributed by atoms with E-state index < -0.39 is 18.2 Å². The van der Waals surface area contributed by atoms with Crippen LogP contribution < -0.4 is 5.32 Å². The van der Waals surface area contributed by atoms with Crippen LogP contribution in [-0.2, 0) is 0 Å². The Balaban J connectivity index is 2.45. The van der Waals surface area contributed by atoms with E-state index in [0.717, 1.165) is 6.20 Å². The van der Waals surface area contributed by atoms with Gasteiger partial charge < -0.3 is 10.4 Å². The van der Waals surface area contributed by atoms with Gasteiger partial charge in [-0.25, -0.2) is 9.48 Å². The zero-order chi connectivity index (χ0) is 11.9. The highest BCUT2D eigenvalue weighted by atomic mass is 19.4. The van der Waals surface area contributed by atoms with Crippen molar-refractivity contribution in [2.24, 2.45) is 0 Å². The maximum absolute atomic E-state index is 12.6. The van der Waals surface area contributed by atoms with E-state index in [1.165, 1.54) is 0 Å². The molecular weight excluding hydrogens is 227 g/mol. The van der Waals surface area contributed by atoms with E-state index >= 15 is 0 Å². The number of aromatic nitrogens is 2. The van der Waals surface area contributed by atoms with Gasteiger partial charge in [0.1, 0.15) is 11.4 Å². The number of hydrogen-bond acceptors (Lipinski definition) is 3. The minimum absolute atomic E-state index is 0.0795. The monoisotopic (exact) mass is 235 g/mol. The molecule has 1 aliphatic heterocycles. The highest BCUT2D eigenvalue weighted by molar-refractivity contribution is 5.93. The van der Waals surface area contributed by atoms with Crippen molar-refractivity contribution in [2.45, 2.75) is 18.6 Å². The van der Waals surface area contributed by atoms with Gasteiger partial charge in [-0.15, -0.1) is 0 Å². The van der Waals surface area contributed by atoms with Gasteiger partial charge in [-0.1, -0.05) is 0 Å². The number of carboxylic acid groups (broad SMARTS) is 1. The number of hydrogen-bond donors (Lipinski definition) is 2. The first-order valence-electron chi connectivity index (χ1n) is 4.52. The van der Waals surface area contributed by atoms with Crippen molar-refractivity contribution in [1.82, 2.24) is 9.78 Å². The molecular formula is C8H8F3N3O2. The number of alkyl halides is 3. The predicted molar refractivity (Wildman–Crippen MR) is 47.4 cm³/mol.